The predicted molar refractivity (Wildman–Crippen MR) is 79.2 cm³/mol. The smallest absolute Gasteiger partial charge is 0.412 e. The average Bonchev–Trinajstić information content (AvgIpc) is 2.54. The van der Waals surface area contributed by atoms with E-state index >= 15 is 0 Å². The zero-order chi connectivity index (χ0) is 18.5. The molecule has 1 aromatic carbocycles. The normalized spacial score (nSPS) is 11.6. The van der Waals surface area contributed by atoms with Crippen molar-refractivity contribution in [2.24, 2.45) is 0 Å². The van der Waals surface area contributed by atoms with Crippen molar-refractivity contribution in [3.8, 4) is 5.75 Å². The van der Waals surface area contributed by atoms with Crippen LogP contribution in [-0.4, -0.2) is 28.7 Å². The summed E-state index contributed by atoms with van der Waals surface area (Å²) in [5.74, 6) is -12.7. The number of unbranched alkanes of at least 4 members (excludes halogenated alkanes) is 1. The fraction of sp³-hybridized carbons (Fsp3) is 0.500. The quantitative estimate of drug-likeness (QED) is 0.264. The molecule has 0 radical (unpaired) electrons. The second-order valence-electron chi connectivity index (χ2n) is 5.64. The number of hydrogen-bond donors (Lipinski definition) is 1. The van der Waals surface area contributed by atoms with Crippen LogP contribution in [0.2, 0.25) is 0 Å². The Balaban J connectivity index is 2.55. The Hall–Kier alpha value is -1.68. The lowest BCUT2D eigenvalue weighted by atomic mass is 10.0. The van der Waals surface area contributed by atoms with Gasteiger partial charge in [0.25, 0.3) is 0 Å². The molecule has 0 heterocycles. The summed E-state index contributed by atoms with van der Waals surface area (Å²) in [6.07, 6.45) is 0.667. The molecule has 136 valence electrons. The lowest BCUT2D eigenvalue weighted by Crippen LogP contribution is -2.29. The van der Waals surface area contributed by atoms with Gasteiger partial charge in [0.2, 0.25) is 34.8 Å². The molecule has 0 aliphatic rings. The molecule has 0 saturated heterocycles. The van der Waals surface area contributed by atoms with Gasteiger partial charge in [-0.15, -0.1) is 0 Å². The lowest BCUT2D eigenvalue weighted by Gasteiger charge is -2.23. The summed E-state index contributed by atoms with van der Waals surface area (Å²) in [5.41, 5.74) is -0.262. The summed E-state index contributed by atoms with van der Waals surface area (Å²) in [6, 6.07) is 0. The Morgan fingerprint density at radius 3 is 2.00 bits per heavy atom. The van der Waals surface area contributed by atoms with E-state index in [4.69, 9.17) is 4.43 Å². The first-order valence-electron chi connectivity index (χ1n) is 7.13. The number of carbonyl (C=O) groups excluding carboxylic acids is 1. The van der Waals surface area contributed by atoms with E-state index in [0.29, 0.717) is 23.3 Å². The first kappa shape index (κ1) is 20.4. The molecular formula is C14H18F5NO3Si. The Kier molecular flexibility index (Phi) is 7.15. The van der Waals surface area contributed by atoms with Crippen molar-refractivity contribution in [3.05, 3.63) is 29.1 Å². The maximum atomic E-state index is 13.3. The molecule has 24 heavy (non-hydrogen) atoms. The van der Waals surface area contributed by atoms with Gasteiger partial charge >= 0.3 is 6.09 Å². The summed E-state index contributed by atoms with van der Waals surface area (Å²) in [5, 5.41) is 2.18. The Morgan fingerprint density at radius 2 is 1.50 bits per heavy atom. The second-order valence-corrected chi connectivity index (χ2v) is 6.04. The number of hydrogen-bond acceptors (Lipinski definition) is 3. The molecule has 4 nitrogen and oxygen atoms in total. The molecule has 0 aromatic heterocycles. The maximum Gasteiger partial charge on any atom is 0.412 e. The van der Waals surface area contributed by atoms with Crippen molar-refractivity contribution >= 4 is 16.6 Å². The van der Waals surface area contributed by atoms with Gasteiger partial charge in [-0.05, 0) is 33.1 Å². The third-order valence-electron chi connectivity index (χ3n) is 3.39. The highest BCUT2D eigenvalue weighted by molar-refractivity contribution is 5.98. The molecule has 0 spiro atoms. The molecule has 1 rings (SSSR count). The second kappa shape index (κ2) is 8.43. The molecule has 0 saturated carbocycles. The Labute approximate surface area is 138 Å². The molecule has 0 fully saturated rings. The molecule has 1 amide bonds. The van der Waals surface area contributed by atoms with Gasteiger partial charge < -0.3 is 14.5 Å². The molecule has 0 bridgehead atoms. The third-order valence-corrected chi connectivity index (χ3v) is 4.50. The van der Waals surface area contributed by atoms with E-state index in [1.54, 1.807) is 0 Å². The maximum absolute atomic E-state index is 13.3. The van der Waals surface area contributed by atoms with E-state index in [1.165, 1.54) is 0 Å². The van der Waals surface area contributed by atoms with Crippen LogP contribution in [0.3, 0.4) is 0 Å². The highest BCUT2D eigenvalue weighted by Crippen LogP contribution is 2.29. The van der Waals surface area contributed by atoms with E-state index in [0.717, 1.165) is 6.42 Å². The van der Waals surface area contributed by atoms with Crippen molar-refractivity contribution < 1.29 is 35.9 Å². The van der Waals surface area contributed by atoms with Gasteiger partial charge in [-0.1, -0.05) is 0 Å². The van der Waals surface area contributed by atoms with Crippen LogP contribution in [0.25, 0.3) is 0 Å². The minimum Gasteiger partial charge on any atom is -0.423 e. The van der Waals surface area contributed by atoms with Gasteiger partial charge in [0.05, 0.1) is 0 Å². The molecule has 0 aliphatic carbocycles. The molecular weight excluding hydrogens is 353 g/mol. The highest BCUT2D eigenvalue weighted by Gasteiger charge is 2.28. The number of benzene rings is 1. The molecule has 1 N–H and O–H groups in total. The Morgan fingerprint density at radius 1 is 1.00 bits per heavy atom. The Bertz CT molecular complexity index is 584. The van der Waals surface area contributed by atoms with Crippen molar-refractivity contribution in [1.82, 2.24) is 5.32 Å². The number of nitrogens with one attached hydrogen (secondary N) is 1. The van der Waals surface area contributed by atoms with E-state index < -0.39 is 40.9 Å². The van der Waals surface area contributed by atoms with Crippen LogP contribution in [0.5, 0.6) is 5.75 Å². The monoisotopic (exact) mass is 371 g/mol. The fourth-order valence-electron chi connectivity index (χ4n) is 1.77. The fourth-order valence-corrected chi connectivity index (χ4v) is 1.98. The predicted octanol–water partition coefficient (Wildman–Crippen LogP) is 2.72. The molecule has 0 atom stereocenters. The first-order chi connectivity index (χ1) is 11.1. The zero-order valence-electron chi connectivity index (χ0n) is 13.4. The van der Waals surface area contributed by atoms with Gasteiger partial charge in [0, 0.05) is 12.1 Å². The number of amides is 1. The SMILES string of the molecule is CC(C)(CCCCNC(=O)Oc1c(F)c(F)c(F)c(F)c1F)O[SiH3]. The molecule has 0 aliphatic heterocycles. The van der Waals surface area contributed by atoms with Gasteiger partial charge in [0.15, 0.2) is 0 Å². The van der Waals surface area contributed by atoms with Crippen LogP contribution in [0, 0.1) is 29.1 Å². The van der Waals surface area contributed by atoms with Crippen LogP contribution in [0.4, 0.5) is 26.7 Å². The van der Waals surface area contributed by atoms with Crippen molar-refractivity contribution in [3.63, 3.8) is 0 Å². The first-order valence-corrected chi connectivity index (χ1v) is 7.94. The lowest BCUT2D eigenvalue weighted by molar-refractivity contribution is 0.109. The topological polar surface area (TPSA) is 47.6 Å². The summed E-state index contributed by atoms with van der Waals surface area (Å²) in [6.45, 7) is 3.96. The summed E-state index contributed by atoms with van der Waals surface area (Å²) in [4.78, 5) is 11.4. The van der Waals surface area contributed by atoms with E-state index in [-0.39, 0.29) is 12.1 Å². The van der Waals surface area contributed by atoms with Gasteiger partial charge in [-0.25, -0.2) is 18.0 Å². The minimum absolute atomic E-state index is 0.117. The molecule has 1 aromatic rings. The van der Waals surface area contributed by atoms with Crippen LogP contribution in [0.1, 0.15) is 33.1 Å². The molecule has 10 heteroatoms. The molecule has 0 unspecified atom stereocenters. The van der Waals surface area contributed by atoms with E-state index in [2.05, 4.69) is 10.1 Å². The van der Waals surface area contributed by atoms with E-state index in [1.807, 2.05) is 13.8 Å². The van der Waals surface area contributed by atoms with Gasteiger partial charge in [-0.3, -0.25) is 0 Å². The van der Waals surface area contributed by atoms with Crippen LogP contribution >= 0.6 is 0 Å². The average molecular weight is 371 g/mol. The zero-order valence-corrected chi connectivity index (χ0v) is 15.4. The van der Waals surface area contributed by atoms with Gasteiger partial charge in [-0.2, -0.15) is 8.78 Å². The highest BCUT2D eigenvalue weighted by atomic mass is 28.2. The summed E-state index contributed by atoms with van der Waals surface area (Å²) in [7, 11) is 0.597. The van der Waals surface area contributed by atoms with Crippen LogP contribution < -0.4 is 10.1 Å². The standard InChI is InChI=1S/C14H18F5NO3Si/c1-14(2,23-24)5-3-4-6-20-13(21)22-12-10(18)8(16)7(15)9(17)11(12)19/h3-6H2,1-2,24H3,(H,20,21). The number of halogens is 5. The minimum atomic E-state index is -2.32. The van der Waals surface area contributed by atoms with Crippen LogP contribution in [-0.2, 0) is 4.43 Å². The summed E-state index contributed by atoms with van der Waals surface area (Å²) < 4.78 is 75.0. The third kappa shape index (κ3) is 5.16. The van der Waals surface area contributed by atoms with Gasteiger partial charge in [0.1, 0.15) is 10.5 Å². The number of ether oxygens (including phenoxy) is 1. The van der Waals surface area contributed by atoms with Crippen molar-refractivity contribution in [1.29, 1.82) is 0 Å². The number of carbonyl (C=O) groups is 1. The van der Waals surface area contributed by atoms with E-state index in [9.17, 15) is 26.7 Å². The van der Waals surface area contributed by atoms with Crippen LogP contribution in [0.15, 0.2) is 0 Å². The van der Waals surface area contributed by atoms with Crippen molar-refractivity contribution in [2.45, 2.75) is 38.7 Å². The summed E-state index contributed by atoms with van der Waals surface area (Å²) >= 11 is 0. The largest absolute Gasteiger partial charge is 0.423 e. The number of rotatable bonds is 7. The van der Waals surface area contributed by atoms with Crippen molar-refractivity contribution in [2.75, 3.05) is 6.54 Å².